The van der Waals surface area contributed by atoms with E-state index in [-0.39, 0.29) is 0 Å². The minimum Gasteiger partial charge on any atom is -0.325 e. The quantitative estimate of drug-likeness (QED) is 0.803. The highest BCUT2D eigenvalue weighted by Crippen LogP contribution is 2.29. The highest BCUT2D eigenvalue weighted by atomic mass is 35.5. The summed E-state index contributed by atoms with van der Waals surface area (Å²) in [6.45, 7) is 0.961. The monoisotopic (exact) mass is 315 g/mol. The zero-order valence-electron chi connectivity index (χ0n) is 10.5. The summed E-state index contributed by atoms with van der Waals surface area (Å²) in [4.78, 5) is 8.63. The van der Waals surface area contributed by atoms with Crippen LogP contribution < -0.4 is 0 Å². The molecule has 2 aromatic rings. The van der Waals surface area contributed by atoms with Crippen molar-refractivity contribution in [2.45, 2.75) is 25.3 Å². The number of alkyl halides is 1. The lowest BCUT2D eigenvalue weighted by atomic mass is 10.0. The minimum absolute atomic E-state index is 0.409. The summed E-state index contributed by atoms with van der Waals surface area (Å²) >= 11 is 14.3. The number of imidazole rings is 1. The molecule has 3 rings (SSSR count). The molecule has 0 unspecified atom stereocenters. The van der Waals surface area contributed by atoms with E-state index in [9.17, 15) is 0 Å². The van der Waals surface area contributed by atoms with Crippen LogP contribution >= 0.6 is 35.0 Å². The van der Waals surface area contributed by atoms with Crippen molar-refractivity contribution in [3.05, 3.63) is 23.2 Å². The summed E-state index contributed by atoms with van der Waals surface area (Å²) in [6, 6.07) is 0. The van der Waals surface area contributed by atoms with Crippen molar-refractivity contribution in [1.29, 1.82) is 0 Å². The maximum Gasteiger partial charge on any atom is 0.124 e. The van der Waals surface area contributed by atoms with E-state index < -0.39 is 0 Å². The first-order chi connectivity index (χ1) is 9.29. The Kier molecular flexibility index (Phi) is 4.20. The van der Waals surface area contributed by atoms with E-state index in [2.05, 4.69) is 14.5 Å². The minimum atomic E-state index is 0.409. The lowest BCUT2D eigenvalue weighted by Crippen LogP contribution is -2.17. The van der Waals surface area contributed by atoms with E-state index in [0.29, 0.717) is 16.8 Å². The molecule has 3 nitrogen and oxygen atoms in total. The fourth-order valence-corrected chi connectivity index (χ4v) is 4.24. The number of aromatic nitrogens is 3. The van der Waals surface area contributed by atoms with Gasteiger partial charge < -0.3 is 4.57 Å². The molecule has 1 saturated heterocycles. The molecular weight excluding hydrogens is 301 g/mol. The van der Waals surface area contributed by atoms with Gasteiger partial charge in [-0.15, -0.1) is 11.6 Å². The number of nitrogens with zero attached hydrogens (tertiary/aromatic N) is 3. The fraction of sp³-hybridized carbons (Fsp3) is 0.538. The van der Waals surface area contributed by atoms with E-state index in [4.69, 9.17) is 23.2 Å². The first-order valence-electron chi connectivity index (χ1n) is 6.42. The van der Waals surface area contributed by atoms with Crippen molar-refractivity contribution in [2.75, 3.05) is 11.5 Å². The molecular formula is C13H15Cl2N3S. The zero-order chi connectivity index (χ0) is 13.2. The van der Waals surface area contributed by atoms with Crippen molar-refractivity contribution in [1.82, 2.24) is 14.5 Å². The van der Waals surface area contributed by atoms with Crippen LogP contribution in [0.4, 0.5) is 0 Å². The number of halogens is 2. The number of thioether (sulfide) groups is 1. The lowest BCUT2D eigenvalue weighted by molar-refractivity contribution is 0.417. The second kappa shape index (κ2) is 5.90. The summed E-state index contributed by atoms with van der Waals surface area (Å²) in [5.74, 6) is 4.51. The highest BCUT2D eigenvalue weighted by Gasteiger charge is 2.19. The summed E-state index contributed by atoms with van der Waals surface area (Å²) in [5.41, 5.74) is 1.82. The largest absolute Gasteiger partial charge is 0.325 e. The van der Waals surface area contributed by atoms with Gasteiger partial charge in [0, 0.05) is 12.7 Å². The molecule has 2 aromatic heterocycles. The third kappa shape index (κ3) is 2.71. The molecule has 0 amide bonds. The van der Waals surface area contributed by atoms with Crippen molar-refractivity contribution >= 4 is 46.0 Å². The van der Waals surface area contributed by atoms with Crippen LogP contribution in [0.2, 0.25) is 5.02 Å². The maximum absolute atomic E-state index is 6.28. The van der Waals surface area contributed by atoms with Crippen LogP contribution in [0.5, 0.6) is 0 Å². The van der Waals surface area contributed by atoms with Gasteiger partial charge in [0.15, 0.2) is 0 Å². The van der Waals surface area contributed by atoms with Gasteiger partial charge in [0.25, 0.3) is 0 Å². The molecule has 1 aliphatic heterocycles. The van der Waals surface area contributed by atoms with E-state index in [1.54, 1.807) is 12.4 Å². The number of rotatable bonds is 3. The SMILES string of the molecule is ClCc1nc2cncc(Cl)c2n1CC1CCSCC1. The third-order valence-electron chi connectivity index (χ3n) is 3.59. The van der Waals surface area contributed by atoms with Gasteiger partial charge in [0.2, 0.25) is 0 Å². The van der Waals surface area contributed by atoms with E-state index in [1.165, 1.54) is 24.3 Å². The van der Waals surface area contributed by atoms with Crippen LogP contribution in [0, 0.1) is 5.92 Å². The molecule has 0 aliphatic carbocycles. The third-order valence-corrected chi connectivity index (χ3v) is 5.15. The molecule has 3 heterocycles. The predicted octanol–water partition coefficient (Wildman–Crippen LogP) is 3.97. The Morgan fingerprint density at radius 3 is 2.84 bits per heavy atom. The van der Waals surface area contributed by atoms with Crippen LogP contribution in [0.15, 0.2) is 12.4 Å². The molecule has 1 aliphatic rings. The van der Waals surface area contributed by atoms with Crippen LogP contribution in [0.3, 0.4) is 0 Å². The number of hydrogen-bond donors (Lipinski definition) is 0. The van der Waals surface area contributed by atoms with Crippen molar-refractivity contribution in [2.24, 2.45) is 5.92 Å². The molecule has 19 heavy (non-hydrogen) atoms. The molecule has 0 spiro atoms. The van der Waals surface area contributed by atoms with Gasteiger partial charge in [-0.2, -0.15) is 11.8 Å². The summed E-state index contributed by atoms with van der Waals surface area (Å²) < 4.78 is 2.19. The Balaban J connectivity index is 2.00. The van der Waals surface area contributed by atoms with Gasteiger partial charge in [0.1, 0.15) is 11.3 Å². The Bertz CT molecular complexity index is 579. The van der Waals surface area contributed by atoms with Crippen LogP contribution in [-0.2, 0) is 12.4 Å². The molecule has 1 fully saturated rings. The molecule has 0 saturated carbocycles. The zero-order valence-corrected chi connectivity index (χ0v) is 12.8. The number of pyridine rings is 1. The summed E-state index contributed by atoms with van der Waals surface area (Å²) in [6.07, 6.45) is 5.95. The van der Waals surface area contributed by atoms with E-state index in [1.807, 2.05) is 11.8 Å². The van der Waals surface area contributed by atoms with Crippen molar-refractivity contribution < 1.29 is 0 Å². The average Bonchev–Trinajstić information content (AvgIpc) is 2.79. The second-order valence-electron chi connectivity index (χ2n) is 4.82. The molecule has 0 atom stereocenters. The molecule has 0 radical (unpaired) electrons. The molecule has 6 heteroatoms. The maximum atomic E-state index is 6.28. The first kappa shape index (κ1) is 13.5. The summed E-state index contributed by atoms with van der Waals surface area (Å²) in [5, 5.41) is 0.659. The lowest BCUT2D eigenvalue weighted by Gasteiger charge is -2.22. The Morgan fingerprint density at radius 2 is 2.11 bits per heavy atom. The molecule has 102 valence electrons. The van der Waals surface area contributed by atoms with E-state index >= 15 is 0 Å². The molecule has 0 bridgehead atoms. The predicted molar refractivity (Wildman–Crippen MR) is 82.1 cm³/mol. The van der Waals surface area contributed by atoms with Gasteiger partial charge >= 0.3 is 0 Å². The van der Waals surface area contributed by atoms with Gasteiger partial charge in [-0.25, -0.2) is 4.98 Å². The Labute approximate surface area is 126 Å². The second-order valence-corrected chi connectivity index (χ2v) is 6.72. The molecule has 0 aromatic carbocycles. The average molecular weight is 316 g/mol. The Hall–Kier alpha value is -0.450. The number of hydrogen-bond acceptors (Lipinski definition) is 3. The van der Waals surface area contributed by atoms with Gasteiger partial charge in [-0.3, -0.25) is 4.98 Å². The van der Waals surface area contributed by atoms with Crippen LogP contribution in [-0.4, -0.2) is 26.0 Å². The number of fused-ring (bicyclic) bond motifs is 1. The summed E-state index contributed by atoms with van der Waals surface area (Å²) in [7, 11) is 0. The first-order valence-corrected chi connectivity index (χ1v) is 8.48. The van der Waals surface area contributed by atoms with Crippen LogP contribution in [0.25, 0.3) is 11.0 Å². The van der Waals surface area contributed by atoms with Crippen molar-refractivity contribution in [3.8, 4) is 0 Å². The fourth-order valence-electron chi connectivity index (χ4n) is 2.58. The Morgan fingerprint density at radius 1 is 1.32 bits per heavy atom. The van der Waals surface area contributed by atoms with Gasteiger partial charge in [0.05, 0.1) is 22.6 Å². The topological polar surface area (TPSA) is 30.7 Å². The highest BCUT2D eigenvalue weighted by molar-refractivity contribution is 7.99. The molecule has 0 N–H and O–H groups in total. The smallest absolute Gasteiger partial charge is 0.124 e. The van der Waals surface area contributed by atoms with E-state index in [0.717, 1.165) is 23.4 Å². The van der Waals surface area contributed by atoms with Gasteiger partial charge in [-0.1, -0.05) is 11.6 Å². The normalized spacial score (nSPS) is 17.2. The van der Waals surface area contributed by atoms with Gasteiger partial charge in [-0.05, 0) is 30.3 Å². The standard InChI is InChI=1S/C13H15Cl2N3S/c14-5-12-17-11-7-16-6-10(15)13(11)18(12)8-9-1-3-19-4-2-9/h6-7,9H,1-5,8H2. The van der Waals surface area contributed by atoms with Crippen LogP contribution in [0.1, 0.15) is 18.7 Å². The van der Waals surface area contributed by atoms with Crippen molar-refractivity contribution in [3.63, 3.8) is 0 Å².